The number of nitrogens with zero attached hydrogens (tertiary/aromatic N) is 1. The fraction of sp³-hybridized carbons (Fsp3) is 0.462. The smallest absolute Gasteiger partial charge is 0.126 e. The molecule has 4 nitrogen and oxygen atoms in total. The minimum absolute atomic E-state index is 0.0762. The molecule has 0 saturated heterocycles. The van der Waals surface area contributed by atoms with Gasteiger partial charge in [0.1, 0.15) is 5.84 Å². The van der Waals surface area contributed by atoms with E-state index in [-0.39, 0.29) is 5.84 Å². The Labute approximate surface area is 117 Å². The highest BCUT2D eigenvalue weighted by atomic mass is 79.9. The van der Waals surface area contributed by atoms with E-state index in [1.54, 1.807) is 0 Å². The number of ether oxygens (including phenoxy) is 1. The molecule has 100 valence electrons. The van der Waals surface area contributed by atoms with Crippen LogP contribution in [0.25, 0.3) is 0 Å². The SMILES string of the molecule is CCOCCN(CC)c1cccc(Br)c1C(=N)N. The van der Waals surface area contributed by atoms with Crippen molar-refractivity contribution in [1.82, 2.24) is 0 Å². The standard InChI is InChI=1S/C13H20BrN3O/c1-3-17(8-9-18-4-2)11-7-5-6-10(14)12(11)13(15)16/h5-7H,3-4,8-9H2,1-2H3,(H3,15,16). The molecule has 18 heavy (non-hydrogen) atoms. The molecule has 0 aliphatic heterocycles. The van der Waals surface area contributed by atoms with Gasteiger partial charge in [0, 0.05) is 29.9 Å². The molecule has 0 heterocycles. The van der Waals surface area contributed by atoms with Crippen LogP contribution in [0.1, 0.15) is 19.4 Å². The average molecular weight is 314 g/mol. The number of anilines is 1. The molecule has 0 bridgehead atoms. The molecule has 0 fully saturated rings. The zero-order valence-corrected chi connectivity index (χ0v) is 12.5. The first-order chi connectivity index (χ1) is 8.61. The second kappa shape index (κ2) is 7.38. The third kappa shape index (κ3) is 3.71. The predicted molar refractivity (Wildman–Crippen MR) is 79.5 cm³/mol. The van der Waals surface area contributed by atoms with E-state index >= 15 is 0 Å². The lowest BCUT2D eigenvalue weighted by Crippen LogP contribution is -2.30. The van der Waals surface area contributed by atoms with Gasteiger partial charge in [0.25, 0.3) is 0 Å². The minimum Gasteiger partial charge on any atom is -0.384 e. The van der Waals surface area contributed by atoms with Crippen molar-refractivity contribution in [2.45, 2.75) is 13.8 Å². The van der Waals surface area contributed by atoms with E-state index in [1.165, 1.54) is 0 Å². The van der Waals surface area contributed by atoms with Crippen molar-refractivity contribution in [2.75, 3.05) is 31.2 Å². The third-order valence-corrected chi connectivity index (χ3v) is 3.35. The van der Waals surface area contributed by atoms with Gasteiger partial charge in [0.2, 0.25) is 0 Å². The molecule has 0 atom stereocenters. The number of halogens is 1. The van der Waals surface area contributed by atoms with Gasteiger partial charge in [0.15, 0.2) is 0 Å². The Bertz CT molecular complexity index is 409. The largest absolute Gasteiger partial charge is 0.384 e. The van der Waals surface area contributed by atoms with Crippen LogP contribution in [0.15, 0.2) is 22.7 Å². The summed E-state index contributed by atoms with van der Waals surface area (Å²) in [6, 6.07) is 5.84. The average Bonchev–Trinajstić information content (AvgIpc) is 2.34. The summed E-state index contributed by atoms with van der Waals surface area (Å²) >= 11 is 3.45. The lowest BCUT2D eigenvalue weighted by atomic mass is 10.1. The first kappa shape index (κ1) is 15.0. The van der Waals surface area contributed by atoms with Crippen LogP contribution in [0, 0.1) is 5.41 Å². The van der Waals surface area contributed by atoms with Crippen LogP contribution in [0.5, 0.6) is 0 Å². The second-order valence-corrected chi connectivity index (χ2v) is 4.68. The summed E-state index contributed by atoms with van der Waals surface area (Å²) in [5.41, 5.74) is 7.38. The highest BCUT2D eigenvalue weighted by Crippen LogP contribution is 2.27. The van der Waals surface area contributed by atoms with Gasteiger partial charge in [0.05, 0.1) is 12.2 Å². The van der Waals surface area contributed by atoms with E-state index in [0.717, 1.165) is 35.4 Å². The number of rotatable bonds is 7. The first-order valence-corrected chi connectivity index (χ1v) is 6.86. The molecule has 0 amide bonds. The molecule has 0 saturated carbocycles. The van der Waals surface area contributed by atoms with E-state index in [0.29, 0.717) is 6.61 Å². The summed E-state index contributed by atoms with van der Waals surface area (Å²) in [4.78, 5) is 2.16. The van der Waals surface area contributed by atoms with Crippen LogP contribution in [-0.2, 0) is 4.74 Å². The zero-order chi connectivity index (χ0) is 13.5. The van der Waals surface area contributed by atoms with E-state index < -0.39 is 0 Å². The Morgan fingerprint density at radius 1 is 1.44 bits per heavy atom. The van der Waals surface area contributed by atoms with Gasteiger partial charge < -0.3 is 15.4 Å². The molecule has 3 N–H and O–H groups in total. The first-order valence-electron chi connectivity index (χ1n) is 6.07. The maximum Gasteiger partial charge on any atom is 0.126 e. The molecular formula is C13H20BrN3O. The molecule has 0 aliphatic carbocycles. The molecule has 0 radical (unpaired) electrons. The monoisotopic (exact) mass is 313 g/mol. The number of benzene rings is 1. The Balaban J connectivity index is 2.98. The highest BCUT2D eigenvalue weighted by molar-refractivity contribution is 9.10. The molecule has 1 aromatic carbocycles. The van der Waals surface area contributed by atoms with Crippen LogP contribution >= 0.6 is 15.9 Å². The van der Waals surface area contributed by atoms with Gasteiger partial charge in [-0.3, -0.25) is 5.41 Å². The number of amidine groups is 1. The van der Waals surface area contributed by atoms with E-state index in [2.05, 4.69) is 27.8 Å². The third-order valence-electron chi connectivity index (χ3n) is 2.69. The molecular weight excluding hydrogens is 294 g/mol. The fourth-order valence-electron chi connectivity index (χ4n) is 1.81. The number of hydrogen-bond donors (Lipinski definition) is 2. The Morgan fingerprint density at radius 3 is 2.72 bits per heavy atom. The molecule has 5 heteroatoms. The molecule has 1 rings (SSSR count). The lowest BCUT2D eigenvalue weighted by molar-refractivity contribution is 0.154. The van der Waals surface area contributed by atoms with Crippen LogP contribution in [0.4, 0.5) is 5.69 Å². The van der Waals surface area contributed by atoms with Crippen molar-refractivity contribution in [3.05, 3.63) is 28.2 Å². The number of nitrogens with one attached hydrogen (secondary N) is 1. The van der Waals surface area contributed by atoms with Crippen LogP contribution in [0.3, 0.4) is 0 Å². The van der Waals surface area contributed by atoms with Gasteiger partial charge in [-0.1, -0.05) is 6.07 Å². The Morgan fingerprint density at radius 2 is 2.17 bits per heavy atom. The zero-order valence-electron chi connectivity index (χ0n) is 10.9. The molecule has 0 spiro atoms. The maximum atomic E-state index is 7.69. The minimum atomic E-state index is 0.0762. The summed E-state index contributed by atoms with van der Waals surface area (Å²) in [5.74, 6) is 0.0762. The van der Waals surface area contributed by atoms with Crippen LogP contribution in [-0.4, -0.2) is 32.1 Å². The van der Waals surface area contributed by atoms with Crippen molar-refractivity contribution >= 4 is 27.5 Å². The lowest BCUT2D eigenvalue weighted by Gasteiger charge is -2.25. The summed E-state index contributed by atoms with van der Waals surface area (Å²) in [6.07, 6.45) is 0. The quantitative estimate of drug-likeness (QED) is 0.462. The van der Waals surface area contributed by atoms with Crippen molar-refractivity contribution < 1.29 is 4.74 Å². The van der Waals surface area contributed by atoms with E-state index in [4.69, 9.17) is 15.9 Å². The summed E-state index contributed by atoms with van der Waals surface area (Å²) in [5, 5.41) is 7.69. The van der Waals surface area contributed by atoms with E-state index in [9.17, 15) is 0 Å². The molecule has 0 aromatic heterocycles. The molecule has 1 aromatic rings. The van der Waals surface area contributed by atoms with E-state index in [1.807, 2.05) is 25.1 Å². The summed E-state index contributed by atoms with van der Waals surface area (Å²) < 4.78 is 6.23. The summed E-state index contributed by atoms with van der Waals surface area (Å²) in [6.45, 7) is 7.10. The van der Waals surface area contributed by atoms with Gasteiger partial charge >= 0.3 is 0 Å². The normalized spacial score (nSPS) is 10.4. The number of likely N-dealkylation sites (N-methyl/N-ethyl adjacent to an activating group) is 1. The van der Waals surface area contributed by atoms with Crippen molar-refractivity contribution in [1.29, 1.82) is 5.41 Å². The van der Waals surface area contributed by atoms with Crippen molar-refractivity contribution in [3.8, 4) is 0 Å². The van der Waals surface area contributed by atoms with Crippen molar-refractivity contribution in [2.24, 2.45) is 5.73 Å². The van der Waals surface area contributed by atoms with Crippen LogP contribution < -0.4 is 10.6 Å². The Kier molecular flexibility index (Phi) is 6.15. The van der Waals surface area contributed by atoms with Crippen LogP contribution in [0.2, 0.25) is 0 Å². The maximum absolute atomic E-state index is 7.69. The van der Waals surface area contributed by atoms with Gasteiger partial charge in [-0.05, 0) is 41.9 Å². The van der Waals surface area contributed by atoms with Gasteiger partial charge in [-0.2, -0.15) is 0 Å². The Hall–Kier alpha value is -1.07. The summed E-state index contributed by atoms with van der Waals surface area (Å²) in [7, 11) is 0. The second-order valence-electron chi connectivity index (χ2n) is 3.82. The topological polar surface area (TPSA) is 62.3 Å². The van der Waals surface area contributed by atoms with Gasteiger partial charge in [-0.25, -0.2) is 0 Å². The number of hydrogen-bond acceptors (Lipinski definition) is 3. The number of nitrogen functional groups attached to an aromatic ring is 1. The van der Waals surface area contributed by atoms with Crippen molar-refractivity contribution in [3.63, 3.8) is 0 Å². The molecule has 0 unspecified atom stereocenters. The van der Waals surface area contributed by atoms with Gasteiger partial charge in [-0.15, -0.1) is 0 Å². The molecule has 0 aliphatic rings. The predicted octanol–water partition coefficient (Wildman–Crippen LogP) is 2.60. The fourth-order valence-corrected chi connectivity index (χ4v) is 2.38. The highest BCUT2D eigenvalue weighted by Gasteiger charge is 2.14. The number of nitrogens with two attached hydrogens (primary N) is 1.